The van der Waals surface area contributed by atoms with Crippen LogP contribution in [0.5, 0.6) is 0 Å². The third-order valence-corrected chi connectivity index (χ3v) is 2.21. The van der Waals surface area contributed by atoms with Crippen LogP contribution in [0.1, 0.15) is 10.5 Å². The predicted octanol–water partition coefficient (Wildman–Crippen LogP) is 1.54. The molecule has 0 unspecified atom stereocenters. The van der Waals surface area contributed by atoms with Gasteiger partial charge in [0.15, 0.2) is 10.2 Å². The molecule has 60 valence electrons. The summed E-state index contributed by atoms with van der Waals surface area (Å²) < 4.78 is 0.228. The SMILES string of the molecule is CNc1sc(Cl)nc1C(=O)O. The van der Waals surface area contributed by atoms with E-state index in [0.717, 1.165) is 11.3 Å². The number of nitrogens with zero attached hydrogens (tertiary/aromatic N) is 1. The molecule has 0 aromatic carbocycles. The highest BCUT2D eigenvalue weighted by atomic mass is 35.5. The van der Waals surface area contributed by atoms with E-state index in [1.165, 1.54) is 0 Å². The van der Waals surface area contributed by atoms with E-state index >= 15 is 0 Å². The maximum atomic E-state index is 10.4. The summed E-state index contributed by atoms with van der Waals surface area (Å²) in [4.78, 5) is 14.0. The molecule has 0 amide bonds. The van der Waals surface area contributed by atoms with E-state index in [2.05, 4.69) is 10.3 Å². The van der Waals surface area contributed by atoms with Crippen molar-refractivity contribution in [1.29, 1.82) is 0 Å². The summed E-state index contributed by atoms with van der Waals surface area (Å²) in [5, 5.41) is 11.7. The quantitative estimate of drug-likeness (QED) is 0.746. The van der Waals surface area contributed by atoms with Gasteiger partial charge in [0.1, 0.15) is 5.00 Å². The van der Waals surface area contributed by atoms with Gasteiger partial charge in [0.05, 0.1) is 0 Å². The van der Waals surface area contributed by atoms with Crippen LogP contribution in [0.15, 0.2) is 0 Å². The number of rotatable bonds is 2. The minimum Gasteiger partial charge on any atom is -0.476 e. The summed E-state index contributed by atoms with van der Waals surface area (Å²) in [5.74, 6) is -1.07. The zero-order valence-electron chi connectivity index (χ0n) is 5.59. The van der Waals surface area contributed by atoms with Crippen molar-refractivity contribution in [2.75, 3.05) is 12.4 Å². The van der Waals surface area contributed by atoms with E-state index in [4.69, 9.17) is 16.7 Å². The molecule has 0 aliphatic carbocycles. The van der Waals surface area contributed by atoms with Crippen molar-refractivity contribution in [3.8, 4) is 0 Å². The molecule has 0 aliphatic rings. The lowest BCUT2D eigenvalue weighted by Crippen LogP contribution is -2.00. The van der Waals surface area contributed by atoms with E-state index in [1.54, 1.807) is 7.05 Å². The van der Waals surface area contributed by atoms with Gasteiger partial charge in [0.2, 0.25) is 0 Å². The monoisotopic (exact) mass is 192 g/mol. The number of hydrogen-bond acceptors (Lipinski definition) is 4. The van der Waals surface area contributed by atoms with Crippen molar-refractivity contribution in [1.82, 2.24) is 4.98 Å². The zero-order chi connectivity index (χ0) is 8.43. The lowest BCUT2D eigenvalue weighted by atomic mass is 10.5. The van der Waals surface area contributed by atoms with Gasteiger partial charge < -0.3 is 10.4 Å². The van der Waals surface area contributed by atoms with Crippen LogP contribution in [-0.4, -0.2) is 23.1 Å². The highest BCUT2D eigenvalue weighted by molar-refractivity contribution is 7.19. The third kappa shape index (κ3) is 1.61. The minimum atomic E-state index is -1.07. The minimum absolute atomic E-state index is 0.0255. The van der Waals surface area contributed by atoms with Gasteiger partial charge in [-0.15, -0.1) is 0 Å². The van der Waals surface area contributed by atoms with Crippen LogP contribution >= 0.6 is 22.9 Å². The molecule has 1 aromatic heterocycles. The summed E-state index contributed by atoms with van der Waals surface area (Å²) in [5.41, 5.74) is -0.0255. The summed E-state index contributed by atoms with van der Waals surface area (Å²) in [6.07, 6.45) is 0. The van der Waals surface area contributed by atoms with Crippen LogP contribution in [0.25, 0.3) is 0 Å². The van der Waals surface area contributed by atoms with Crippen LogP contribution in [0.2, 0.25) is 4.47 Å². The van der Waals surface area contributed by atoms with Crippen LogP contribution < -0.4 is 5.32 Å². The molecule has 0 atom stereocenters. The predicted molar refractivity (Wildman–Crippen MR) is 43.6 cm³/mol. The lowest BCUT2D eigenvalue weighted by Gasteiger charge is -1.92. The maximum Gasteiger partial charge on any atom is 0.357 e. The summed E-state index contributed by atoms with van der Waals surface area (Å²) in [6, 6.07) is 0. The molecular weight excluding hydrogens is 188 g/mol. The van der Waals surface area contributed by atoms with E-state index in [-0.39, 0.29) is 10.2 Å². The molecule has 0 bridgehead atoms. The second-order valence-electron chi connectivity index (χ2n) is 1.70. The van der Waals surface area contributed by atoms with E-state index < -0.39 is 5.97 Å². The average Bonchev–Trinajstić information content (AvgIpc) is 2.30. The Morgan fingerprint density at radius 3 is 2.82 bits per heavy atom. The fourth-order valence-corrected chi connectivity index (χ4v) is 1.56. The van der Waals surface area contributed by atoms with Crippen LogP contribution in [0.4, 0.5) is 5.00 Å². The number of carboxylic acid groups (broad SMARTS) is 1. The number of hydrogen-bond donors (Lipinski definition) is 2. The van der Waals surface area contributed by atoms with Crippen LogP contribution in [-0.2, 0) is 0 Å². The van der Waals surface area contributed by atoms with Gasteiger partial charge in [-0.25, -0.2) is 9.78 Å². The first-order valence-electron chi connectivity index (χ1n) is 2.72. The third-order valence-electron chi connectivity index (χ3n) is 1.03. The topological polar surface area (TPSA) is 62.2 Å². The largest absolute Gasteiger partial charge is 0.476 e. The van der Waals surface area contributed by atoms with E-state index in [1.807, 2.05) is 0 Å². The number of halogens is 1. The average molecular weight is 193 g/mol. The number of thiazole rings is 1. The van der Waals surface area contributed by atoms with Crippen LogP contribution in [0, 0.1) is 0 Å². The first kappa shape index (κ1) is 8.29. The van der Waals surface area contributed by atoms with Crippen molar-refractivity contribution in [2.24, 2.45) is 0 Å². The summed E-state index contributed by atoms with van der Waals surface area (Å²) in [6.45, 7) is 0. The first-order valence-corrected chi connectivity index (χ1v) is 3.92. The molecule has 0 aliphatic heterocycles. The molecule has 0 spiro atoms. The fourth-order valence-electron chi connectivity index (χ4n) is 0.608. The Labute approximate surface area is 71.8 Å². The molecule has 1 heterocycles. The Kier molecular flexibility index (Phi) is 2.31. The molecule has 11 heavy (non-hydrogen) atoms. The molecule has 4 nitrogen and oxygen atoms in total. The maximum absolute atomic E-state index is 10.4. The standard InChI is InChI=1S/C5H5ClN2O2S/c1-7-3-2(4(9)10)8-5(6)11-3/h7H,1H3,(H,9,10). The molecular formula is C5H5ClN2O2S. The number of aromatic carboxylic acids is 1. The van der Waals surface area contributed by atoms with Gasteiger partial charge in [-0.2, -0.15) is 0 Å². The van der Waals surface area contributed by atoms with Crippen molar-refractivity contribution in [3.63, 3.8) is 0 Å². The zero-order valence-corrected chi connectivity index (χ0v) is 7.16. The number of carboxylic acids is 1. The van der Waals surface area contributed by atoms with Gasteiger partial charge in [0, 0.05) is 7.05 Å². The molecule has 0 saturated carbocycles. The van der Waals surface area contributed by atoms with Crippen molar-refractivity contribution >= 4 is 33.9 Å². The first-order chi connectivity index (χ1) is 5.15. The lowest BCUT2D eigenvalue weighted by molar-refractivity contribution is 0.0692. The number of anilines is 1. The fraction of sp³-hybridized carbons (Fsp3) is 0.200. The molecule has 0 saturated heterocycles. The smallest absolute Gasteiger partial charge is 0.357 e. The highest BCUT2D eigenvalue weighted by Crippen LogP contribution is 2.27. The number of carbonyl (C=O) groups is 1. The Balaban J connectivity index is 3.12. The van der Waals surface area contributed by atoms with Gasteiger partial charge in [0.25, 0.3) is 0 Å². The number of nitrogens with one attached hydrogen (secondary N) is 1. The Morgan fingerprint density at radius 1 is 1.82 bits per heavy atom. The molecule has 0 fully saturated rings. The van der Waals surface area contributed by atoms with E-state index in [9.17, 15) is 4.79 Å². The van der Waals surface area contributed by atoms with Crippen LogP contribution in [0.3, 0.4) is 0 Å². The number of aromatic nitrogens is 1. The van der Waals surface area contributed by atoms with Gasteiger partial charge >= 0.3 is 5.97 Å². The Morgan fingerprint density at radius 2 is 2.45 bits per heavy atom. The van der Waals surface area contributed by atoms with E-state index in [0.29, 0.717) is 5.00 Å². The Bertz CT molecular complexity index is 286. The second kappa shape index (κ2) is 3.06. The van der Waals surface area contributed by atoms with Gasteiger partial charge in [-0.3, -0.25) is 0 Å². The molecule has 1 rings (SSSR count). The molecule has 6 heteroatoms. The van der Waals surface area contributed by atoms with Gasteiger partial charge in [-0.05, 0) is 0 Å². The second-order valence-corrected chi connectivity index (χ2v) is 3.28. The Hall–Kier alpha value is -0.810. The molecule has 0 radical (unpaired) electrons. The normalized spacial score (nSPS) is 9.64. The molecule has 1 aromatic rings. The highest BCUT2D eigenvalue weighted by Gasteiger charge is 2.14. The summed E-state index contributed by atoms with van der Waals surface area (Å²) >= 11 is 6.60. The van der Waals surface area contributed by atoms with Crippen molar-refractivity contribution < 1.29 is 9.90 Å². The van der Waals surface area contributed by atoms with Crippen molar-refractivity contribution in [3.05, 3.63) is 10.2 Å². The molecule has 2 N–H and O–H groups in total. The summed E-state index contributed by atoms with van der Waals surface area (Å²) in [7, 11) is 1.62. The van der Waals surface area contributed by atoms with Crippen molar-refractivity contribution in [2.45, 2.75) is 0 Å². The van der Waals surface area contributed by atoms with Gasteiger partial charge in [-0.1, -0.05) is 22.9 Å².